The van der Waals surface area contributed by atoms with Crippen molar-refractivity contribution < 1.29 is 9.47 Å². The first-order valence-corrected chi connectivity index (χ1v) is 5.72. The third-order valence-electron chi connectivity index (χ3n) is 2.65. The van der Waals surface area contributed by atoms with Crippen molar-refractivity contribution in [3.63, 3.8) is 0 Å². The van der Waals surface area contributed by atoms with Gasteiger partial charge in [0, 0.05) is 25.2 Å². The zero-order valence-corrected chi connectivity index (χ0v) is 9.31. The highest BCUT2D eigenvalue weighted by atomic mass is 32.1. The minimum absolute atomic E-state index is 0.288. The third kappa shape index (κ3) is 3.49. The molecule has 1 aliphatic heterocycles. The van der Waals surface area contributed by atoms with Crippen molar-refractivity contribution in [2.45, 2.75) is 26.2 Å². The fraction of sp³-hybridized carbons (Fsp3) is 1.00. The topological polar surface area (TPSA) is 18.5 Å². The molecule has 13 heavy (non-hydrogen) atoms. The summed E-state index contributed by atoms with van der Waals surface area (Å²) < 4.78 is 11.0. The number of thiol groups is 1. The first-order chi connectivity index (χ1) is 6.33. The van der Waals surface area contributed by atoms with Gasteiger partial charge in [-0.1, -0.05) is 6.92 Å². The Bertz CT molecular complexity index is 133. The summed E-state index contributed by atoms with van der Waals surface area (Å²) in [5.41, 5.74) is 0.288. The lowest BCUT2D eigenvalue weighted by Crippen LogP contribution is -2.35. The second kappa shape index (κ2) is 5.89. The molecular formula is C10H20O2S. The molecule has 1 aliphatic rings. The van der Waals surface area contributed by atoms with E-state index in [1.54, 1.807) is 0 Å². The molecule has 1 fully saturated rings. The van der Waals surface area contributed by atoms with Gasteiger partial charge in [0.15, 0.2) is 0 Å². The summed E-state index contributed by atoms with van der Waals surface area (Å²) in [4.78, 5) is 0. The Hall–Kier alpha value is 0.270. The van der Waals surface area contributed by atoms with Gasteiger partial charge in [-0.25, -0.2) is 0 Å². The molecule has 0 unspecified atom stereocenters. The third-order valence-corrected chi connectivity index (χ3v) is 3.32. The van der Waals surface area contributed by atoms with Gasteiger partial charge in [-0.15, -0.1) is 0 Å². The first kappa shape index (κ1) is 11.3. The van der Waals surface area contributed by atoms with Crippen LogP contribution in [0.25, 0.3) is 0 Å². The molecule has 0 radical (unpaired) electrons. The van der Waals surface area contributed by atoms with Gasteiger partial charge in [0.2, 0.25) is 0 Å². The van der Waals surface area contributed by atoms with Crippen molar-refractivity contribution in [3.05, 3.63) is 0 Å². The van der Waals surface area contributed by atoms with Crippen LogP contribution in [0, 0.1) is 5.41 Å². The van der Waals surface area contributed by atoms with E-state index < -0.39 is 0 Å². The van der Waals surface area contributed by atoms with E-state index in [2.05, 4.69) is 19.6 Å². The van der Waals surface area contributed by atoms with Crippen LogP contribution in [0.1, 0.15) is 26.2 Å². The molecule has 0 N–H and O–H groups in total. The molecule has 0 aromatic carbocycles. The van der Waals surface area contributed by atoms with Crippen molar-refractivity contribution in [3.8, 4) is 0 Å². The van der Waals surface area contributed by atoms with E-state index in [1.165, 1.54) is 0 Å². The van der Waals surface area contributed by atoms with Gasteiger partial charge in [0.1, 0.15) is 0 Å². The van der Waals surface area contributed by atoms with Gasteiger partial charge in [-0.2, -0.15) is 12.6 Å². The molecule has 0 amide bonds. The Balaban J connectivity index is 2.29. The van der Waals surface area contributed by atoms with Gasteiger partial charge in [-0.05, 0) is 25.0 Å². The average molecular weight is 204 g/mol. The highest BCUT2D eigenvalue weighted by Gasteiger charge is 2.31. The maximum atomic E-state index is 5.61. The molecule has 78 valence electrons. The Morgan fingerprint density at radius 1 is 1.38 bits per heavy atom. The van der Waals surface area contributed by atoms with Crippen molar-refractivity contribution >= 4 is 12.6 Å². The Morgan fingerprint density at radius 2 is 2.08 bits per heavy atom. The van der Waals surface area contributed by atoms with E-state index in [0.29, 0.717) is 0 Å². The Labute approximate surface area is 86.4 Å². The van der Waals surface area contributed by atoms with Crippen LogP contribution < -0.4 is 0 Å². The van der Waals surface area contributed by atoms with Crippen molar-refractivity contribution in [2.75, 3.05) is 32.2 Å². The van der Waals surface area contributed by atoms with Crippen LogP contribution in [0.4, 0.5) is 0 Å². The quantitative estimate of drug-likeness (QED) is 0.546. The van der Waals surface area contributed by atoms with Gasteiger partial charge < -0.3 is 9.47 Å². The summed E-state index contributed by atoms with van der Waals surface area (Å²) >= 11 is 4.42. The second-order valence-electron chi connectivity index (χ2n) is 3.82. The predicted octanol–water partition coefficient (Wildman–Crippen LogP) is 2.14. The van der Waals surface area contributed by atoms with Crippen LogP contribution in [0.5, 0.6) is 0 Å². The molecule has 1 heterocycles. The minimum Gasteiger partial charge on any atom is -0.381 e. The highest BCUT2D eigenvalue weighted by molar-refractivity contribution is 7.80. The van der Waals surface area contributed by atoms with Gasteiger partial charge in [0.25, 0.3) is 0 Å². The Morgan fingerprint density at radius 3 is 2.62 bits per heavy atom. The average Bonchev–Trinajstić information content (AvgIpc) is 2.20. The summed E-state index contributed by atoms with van der Waals surface area (Å²) in [6.45, 7) is 5.60. The summed E-state index contributed by atoms with van der Waals surface area (Å²) in [5, 5.41) is 0. The largest absolute Gasteiger partial charge is 0.381 e. The smallest absolute Gasteiger partial charge is 0.0531 e. The van der Waals surface area contributed by atoms with Crippen LogP contribution in [-0.4, -0.2) is 32.2 Å². The van der Waals surface area contributed by atoms with Gasteiger partial charge in [-0.3, -0.25) is 0 Å². The van der Waals surface area contributed by atoms with Crippen LogP contribution in [0.2, 0.25) is 0 Å². The summed E-state index contributed by atoms with van der Waals surface area (Å²) in [7, 11) is 0. The number of ether oxygens (including phenoxy) is 2. The molecule has 0 spiro atoms. The molecule has 0 aromatic heterocycles. The van der Waals surface area contributed by atoms with Crippen LogP contribution >= 0.6 is 12.6 Å². The summed E-state index contributed by atoms with van der Waals surface area (Å²) in [5.74, 6) is 0.917. The molecule has 0 aromatic rings. The maximum Gasteiger partial charge on any atom is 0.0531 e. The number of rotatable bonds is 5. The second-order valence-corrected chi connectivity index (χ2v) is 4.14. The molecule has 0 atom stereocenters. The first-order valence-electron chi connectivity index (χ1n) is 5.09. The molecule has 0 aliphatic carbocycles. The molecule has 0 saturated carbocycles. The summed E-state index contributed by atoms with van der Waals surface area (Å²) in [6, 6.07) is 0. The lowest BCUT2D eigenvalue weighted by atomic mass is 9.83. The fourth-order valence-corrected chi connectivity index (χ4v) is 1.99. The predicted molar refractivity (Wildman–Crippen MR) is 57.4 cm³/mol. The zero-order valence-electron chi connectivity index (χ0n) is 8.42. The summed E-state index contributed by atoms with van der Waals surface area (Å²) in [6.07, 6.45) is 3.29. The molecule has 2 nitrogen and oxygen atoms in total. The van der Waals surface area contributed by atoms with Gasteiger partial charge in [0.05, 0.1) is 6.61 Å². The van der Waals surface area contributed by atoms with E-state index in [-0.39, 0.29) is 5.41 Å². The maximum absolute atomic E-state index is 5.61. The monoisotopic (exact) mass is 204 g/mol. The minimum atomic E-state index is 0.288. The van der Waals surface area contributed by atoms with Crippen molar-refractivity contribution in [1.82, 2.24) is 0 Å². The molecule has 3 heteroatoms. The van der Waals surface area contributed by atoms with Crippen LogP contribution in [0.15, 0.2) is 0 Å². The Kier molecular flexibility index (Phi) is 5.14. The molecule has 1 saturated heterocycles. The van der Waals surface area contributed by atoms with E-state index in [4.69, 9.17) is 9.47 Å². The van der Waals surface area contributed by atoms with Gasteiger partial charge >= 0.3 is 0 Å². The zero-order chi connectivity index (χ0) is 9.57. The van der Waals surface area contributed by atoms with E-state index >= 15 is 0 Å². The highest BCUT2D eigenvalue weighted by Crippen LogP contribution is 2.31. The molecule has 1 rings (SSSR count). The molecular weight excluding hydrogens is 184 g/mol. The van der Waals surface area contributed by atoms with Crippen LogP contribution in [-0.2, 0) is 9.47 Å². The van der Waals surface area contributed by atoms with E-state index in [0.717, 1.165) is 51.4 Å². The normalized spacial score (nSPS) is 21.7. The van der Waals surface area contributed by atoms with E-state index in [9.17, 15) is 0 Å². The van der Waals surface area contributed by atoms with Crippen molar-refractivity contribution in [1.29, 1.82) is 0 Å². The lowest BCUT2D eigenvalue weighted by molar-refractivity contribution is -0.0268. The SMILES string of the molecule is CCCOCC1(CS)CCOCC1. The lowest BCUT2D eigenvalue weighted by Gasteiger charge is -2.35. The van der Waals surface area contributed by atoms with Crippen molar-refractivity contribution in [2.24, 2.45) is 5.41 Å². The molecule has 0 bridgehead atoms. The number of hydrogen-bond acceptors (Lipinski definition) is 3. The van der Waals surface area contributed by atoms with E-state index in [1.807, 2.05) is 0 Å². The standard InChI is InChI=1S/C10H20O2S/c1-2-5-12-8-10(9-13)3-6-11-7-4-10/h13H,2-9H2,1H3. The van der Waals surface area contributed by atoms with Crippen LogP contribution in [0.3, 0.4) is 0 Å². The fourth-order valence-electron chi connectivity index (χ4n) is 1.59. The number of hydrogen-bond donors (Lipinski definition) is 1.